The van der Waals surface area contributed by atoms with Crippen molar-refractivity contribution in [1.29, 1.82) is 0 Å². The van der Waals surface area contributed by atoms with Crippen LogP contribution in [-0.2, 0) is 28.7 Å². The highest BCUT2D eigenvalue weighted by Crippen LogP contribution is 2.22. The van der Waals surface area contributed by atoms with Crippen LogP contribution in [-0.4, -0.2) is 83.8 Å². The Morgan fingerprint density at radius 3 is 2.44 bits per heavy atom. The van der Waals surface area contributed by atoms with Crippen LogP contribution in [0.1, 0.15) is 85.5 Å². The summed E-state index contributed by atoms with van der Waals surface area (Å²) in [5, 5.41) is 5.71. The van der Waals surface area contributed by atoms with Gasteiger partial charge in [-0.15, -0.1) is 0 Å². The molecule has 36 heavy (non-hydrogen) atoms. The number of carbonyl (C=O) groups excluding carboxylic acids is 5. The van der Waals surface area contributed by atoms with Crippen molar-refractivity contribution < 1.29 is 28.7 Å². The lowest BCUT2D eigenvalue weighted by molar-refractivity contribution is -0.154. The molecule has 2 aliphatic rings. The van der Waals surface area contributed by atoms with Gasteiger partial charge < -0.3 is 25.2 Å². The van der Waals surface area contributed by atoms with E-state index < -0.39 is 24.1 Å². The van der Waals surface area contributed by atoms with Crippen molar-refractivity contribution in [2.45, 2.75) is 110 Å². The van der Waals surface area contributed by atoms with Crippen LogP contribution >= 0.6 is 0 Å². The summed E-state index contributed by atoms with van der Waals surface area (Å²) in [5.74, 6) is -0.974. The van der Waals surface area contributed by atoms with Crippen LogP contribution in [0.3, 0.4) is 0 Å². The molecule has 2 N–H and O–H groups in total. The molecule has 0 aliphatic carbocycles. The molecule has 10 heteroatoms. The average molecular weight is 509 g/mol. The Kier molecular flexibility index (Phi) is 12.2. The fourth-order valence-corrected chi connectivity index (χ4v) is 4.92. The minimum Gasteiger partial charge on any atom is -0.464 e. The molecule has 0 aromatic rings. The smallest absolute Gasteiger partial charge is 0.328 e. The van der Waals surface area contributed by atoms with Crippen LogP contribution in [0.15, 0.2) is 0 Å². The third kappa shape index (κ3) is 8.78. The van der Waals surface area contributed by atoms with Gasteiger partial charge in [0, 0.05) is 19.1 Å². The standard InChI is InChI=1S/C26H44N4O6/c1-5-6-10-20(24(33)27-18(2)3)28-25(34)21-12-8-14-30(21)23(32)13-15-36-26(35)22-11-7-9-19(4)16-29(22)17-31/h17-22H,5-16H2,1-4H3,(H,27,33)(H,28,34). The van der Waals surface area contributed by atoms with Crippen molar-refractivity contribution in [2.24, 2.45) is 5.92 Å². The molecule has 4 atom stereocenters. The van der Waals surface area contributed by atoms with Crippen LogP contribution in [0.2, 0.25) is 0 Å². The van der Waals surface area contributed by atoms with Crippen molar-refractivity contribution in [3.8, 4) is 0 Å². The number of esters is 1. The van der Waals surface area contributed by atoms with Crippen LogP contribution in [0.5, 0.6) is 0 Å². The summed E-state index contributed by atoms with van der Waals surface area (Å²) in [7, 11) is 0. The van der Waals surface area contributed by atoms with Gasteiger partial charge in [-0.3, -0.25) is 19.2 Å². The third-order valence-electron chi connectivity index (χ3n) is 6.85. The zero-order chi connectivity index (χ0) is 26.7. The Bertz CT molecular complexity index is 774. The number of hydrogen-bond donors (Lipinski definition) is 2. The second kappa shape index (κ2) is 14.8. The molecule has 0 saturated carbocycles. The lowest BCUT2D eigenvalue weighted by Gasteiger charge is -2.27. The van der Waals surface area contributed by atoms with Gasteiger partial charge in [-0.05, 0) is 51.9 Å². The number of rotatable bonds is 12. The first-order valence-electron chi connectivity index (χ1n) is 13.5. The molecule has 2 heterocycles. The Morgan fingerprint density at radius 1 is 1.06 bits per heavy atom. The second-order valence-corrected chi connectivity index (χ2v) is 10.4. The summed E-state index contributed by atoms with van der Waals surface area (Å²) >= 11 is 0. The van der Waals surface area contributed by atoms with Gasteiger partial charge in [-0.25, -0.2) is 4.79 Å². The first kappa shape index (κ1) is 29.6. The zero-order valence-corrected chi connectivity index (χ0v) is 22.3. The van der Waals surface area contributed by atoms with E-state index in [2.05, 4.69) is 10.6 Å². The van der Waals surface area contributed by atoms with Crippen molar-refractivity contribution in [1.82, 2.24) is 20.4 Å². The molecule has 0 aromatic carbocycles. The summed E-state index contributed by atoms with van der Waals surface area (Å²) < 4.78 is 5.37. The van der Waals surface area contributed by atoms with Crippen molar-refractivity contribution in [3.05, 3.63) is 0 Å². The molecule has 0 bridgehead atoms. The van der Waals surface area contributed by atoms with Gasteiger partial charge in [0.1, 0.15) is 24.7 Å². The number of hydrogen-bond acceptors (Lipinski definition) is 6. The summed E-state index contributed by atoms with van der Waals surface area (Å²) in [4.78, 5) is 65.5. The van der Waals surface area contributed by atoms with E-state index in [1.165, 1.54) is 9.80 Å². The second-order valence-electron chi connectivity index (χ2n) is 10.4. The highest BCUT2D eigenvalue weighted by Gasteiger charge is 2.36. The number of nitrogens with one attached hydrogen (secondary N) is 2. The first-order valence-corrected chi connectivity index (χ1v) is 13.5. The van der Waals surface area contributed by atoms with E-state index in [0.717, 1.165) is 25.7 Å². The molecule has 2 aliphatic heterocycles. The molecule has 4 amide bonds. The van der Waals surface area contributed by atoms with E-state index in [0.29, 0.717) is 51.1 Å². The minimum absolute atomic E-state index is 0.0349. The first-order chi connectivity index (χ1) is 17.2. The van der Waals surface area contributed by atoms with Gasteiger partial charge in [0.25, 0.3) is 0 Å². The van der Waals surface area contributed by atoms with Gasteiger partial charge in [-0.1, -0.05) is 33.1 Å². The van der Waals surface area contributed by atoms with E-state index in [9.17, 15) is 24.0 Å². The Balaban J connectivity index is 1.89. The van der Waals surface area contributed by atoms with Gasteiger partial charge in [0.15, 0.2) is 0 Å². The highest BCUT2D eigenvalue weighted by molar-refractivity contribution is 5.92. The monoisotopic (exact) mass is 508 g/mol. The highest BCUT2D eigenvalue weighted by atomic mass is 16.5. The lowest BCUT2D eigenvalue weighted by Crippen LogP contribution is -2.54. The third-order valence-corrected chi connectivity index (χ3v) is 6.85. The van der Waals surface area contributed by atoms with Crippen LogP contribution < -0.4 is 10.6 Å². The topological polar surface area (TPSA) is 125 Å². The fraction of sp³-hybridized carbons (Fsp3) is 0.808. The normalized spacial score (nSPS) is 23.1. The maximum Gasteiger partial charge on any atom is 0.328 e. The van der Waals surface area contributed by atoms with E-state index in [-0.39, 0.29) is 36.8 Å². The molecule has 0 aromatic heterocycles. The largest absolute Gasteiger partial charge is 0.464 e. The Labute approximate surface area is 214 Å². The number of unbranched alkanes of at least 4 members (excludes halogenated alkanes) is 1. The fourth-order valence-electron chi connectivity index (χ4n) is 4.92. The molecular formula is C26H44N4O6. The van der Waals surface area contributed by atoms with Crippen LogP contribution in [0.25, 0.3) is 0 Å². The number of likely N-dealkylation sites (tertiary alicyclic amines) is 2. The lowest BCUT2D eigenvalue weighted by atomic mass is 10.1. The summed E-state index contributed by atoms with van der Waals surface area (Å²) in [6, 6.07) is -1.94. The number of nitrogens with zero attached hydrogens (tertiary/aromatic N) is 2. The summed E-state index contributed by atoms with van der Waals surface area (Å²) in [6.45, 7) is 8.67. The Morgan fingerprint density at radius 2 is 1.78 bits per heavy atom. The molecule has 0 radical (unpaired) electrons. The molecule has 2 rings (SSSR count). The van der Waals surface area contributed by atoms with E-state index in [1.54, 1.807) is 0 Å². The van der Waals surface area contributed by atoms with Gasteiger partial charge in [0.2, 0.25) is 24.1 Å². The summed E-state index contributed by atoms with van der Waals surface area (Å²) in [6.07, 6.45) is 6.45. The van der Waals surface area contributed by atoms with E-state index in [4.69, 9.17) is 4.74 Å². The zero-order valence-electron chi connectivity index (χ0n) is 22.3. The molecule has 2 saturated heterocycles. The van der Waals surface area contributed by atoms with Gasteiger partial charge >= 0.3 is 5.97 Å². The predicted molar refractivity (Wildman–Crippen MR) is 135 cm³/mol. The minimum atomic E-state index is -0.641. The van der Waals surface area contributed by atoms with Crippen LogP contribution in [0.4, 0.5) is 0 Å². The molecule has 4 unspecified atom stereocenters. The number of carbonyl (C=O) groups is 5. The SMILES string of the molecule is CCCCC(NC(=O)C1CCCN1C(=O)CCOC(=O)C1CCCC(C)CN1C=O)C(=O)NC(C)C. The van der Waals surface area contributed by atoms with Gasteiger partial charge in [-0.2, -0.15) is 0 Å². The molecule has 2 fully saturated rings. The van der Waals surface area contributed by atoms with E-state index in [1.807, 2.05) is 27.7 Å². The maximum absolute atomic E-state index is 13.0. The van der Waals surface area contributed by atoms with E-state index >= 15 is 0 Å². The van der Waals surface area contributed by atoms with Crippen LogP contribution in [0, 0.1) is 5.92 Å². The summed E-state index contributed by atoms with van der Waals surface area (Å²) in [5.41, 5.74) is 0. The van der Waals surface area contributed by atoms with Gasteiger partial charge in [0.05, 0.1) is 6.42 Å². The predicted octanol–water partition coefficient (Wildman–Crippen LogP) is 1.76. The maximum atomic E-state index is 13.0. The number of ether oxygens (including phenoxy) is 1. The van der Waals surface area contributed by atoms with Crippen molar-refractivity contribution in [2.75, 3.05) is 19.7 Å². The van der Waals surface area contributed by atoms with Crippen molar-refractivity contribution in [3.63, 3.8) is 0 Å². The molecule has 10 nitrogen and oxygen atoms in total. The average Bonchev–Trinajstić information content (AvgIpc) is 3.24. The quantitative estimate of drug-likeness (QED) is 0.306. The van der Waals surface area contributed by atoms with Crippen molar-refractivity contribution >= 4 is 30.1 Å². The number of amides is 4. The molecular weight excluding hydrogens is 464 g/mol. The molecule has 204 valence electrons. The molecule has 0 spiro atoms. The Hall–Kier alpha value is -2.65.